The number of carbonyl (C=O) groups excluding carboxylic acids is 2. The summed E-state index contributed by atoms with van der Waals surface area (Å²) in [5.74, 6) is -1.01. The van der Waals surface area contributed by atoms with Crippen LogP contribution in [0.5, 0.6) is 0 Å². The minimum absolute atomic E-state index is 0.143. The van der Waals surface area contributed by atoms with Gasteiger partial charge in [0.25, 0.3) is 0 Å². The summed E-state index contributed by atoms with van der Waals surface area (Å²) in [6, 6.07) is 19.4. The summed E-state index contributed by atoms with van der Waals surface area (Å²) in [7, 11) is 0. The summed E-state index contributed by atoms with van der Waals surface area (Å²) in [6.45, 7) is 7.24. The van der Waals surface area contributed by atoms with E-state index in [1.54, 1.807) is 6.08 Å². The molecule has 3 rings (SSSR count). The summed E-state index contributed by atoms with van der Waals surface area (Å²) in [5.41, 5.74) is 1.96. The van der Waals surface area contributed by atoms with Crippen molar-refractivity contribution in [2.75, 3.05) is 6.61 Å². The first-order chi connectivity index (χ1) is 16.5. The third kappa shape index (κ3) is 7.52. The maximum atomic E-state index is 12.0. The van der Waals surface area contributed by atoms with Crippen molar-refractivity contribution < 1.29 is 33.3 Å². The van der Waals surface area contributed by atoms with Gasteiger partial charge in [0.05, 0.1) is 25.9 Å². The fourth-order valence-corrected chi connectivity index (χ4v) is 3.97. The highest BCUT2D eigenvalue weighted by molar-refractivity contribution is 5.67. The second-order valence-corrected chi connectivity index (χ2v) is 8.15. The molecule has 0 radical (unpaired) electrons. The lowest BCUT2D eigenvalue weighted by atomic mass is 9.92. The SMILES string of the molecule is C=CC[C@H]1O[C@H](COCc2ccccc2)[C@H](OC(C)=O)[C@H](OC(C)=O)[C@H]1OCc1ccccc1. The zero-order valence-corrected chi connectivity index (χ0v) is 19.6. The topological polar surface area (TPSA) is 80.3 Å². The van der Waals surface area contributed by atoms with E-state index in [0.717, 1.165) is 11.1 Å². The molecule has 1 fully saturated rings. The van der Waals surface area contributed by atoms with Crippen molar-refractivity contribution in [2.24, 2.45) is 0 Å². The van der Waals surface area contributed by atoms with E-state index in [4.69, 9.17) is 23.7 Å². The molecule has 1 saturated heterocycles. The van der Waals surface area contributed by atoms with Crippen LogP contribution in [-0.2, 0) is 46.5 Å². The van der Waals surface area contributed by atoms with E-state index in [1.165, 1.54) is 13.8 Å². The van der Waals surface area contributed by atoms with Crippen LogP contribution in [0, 0.1) is 0 Å². The Kier molecular flexibility index (Phi) is 9.82. The summed E-state index contributed by atoms with van der Waals surface area (Å²) < 4.78 is 29.7. The van der Waals surface area contributed by atoms with Gasteiger partial charge in [0.15, 0.2) is 12.2 Å². The van der Waals surface area contributed by atoms with Crippen molar-refractivity contribution in [3.8, 4) is 0 Å². The highest BCUT2D eigenvalue weighted by Gasteiger charge is 2.50. The van der Waals surface area contributed by atoms with E-state index >= 15 is 0 Å². The summed E-state index contributed by atoms with van der Waals surface area (Å²) in [5, 5.41) is 0. The van der Waals surface area contributed by atoms with Crippen LogP contribution in [0.2, 0.25) is 0 Å². The molecule has 7 nitrogen and oxygen atoms in total. The van der Waals surface area contributed by atoms with Crippen LogP contribution in [-0.4, -0.2) is 49.1 Å². The van der Waals surface area contributed by atoms with Crippen LogP contribution in [0.15, 0.2) is 73.3 Å². The Labute approximate surface area is 200 Å². The molecule has 7 heteroatoms. The van der Waals surface area contributed by atoms with Crippen LogP contribution < -0.4 is 0 Å². The molecule has 0 bridgehead atoms. The lowest BCUT2D eigenvalue weighted by molar-refractivity contribution is -0.258. The lowest BCUT2D eigenvalue weighted by Gasteiger charge is -2.45. The summed E-state index contributed by atoms with van der Waals surface area (Å²) in [6.07, 6.45) is -1.37. The highest BCUT2D eigenvalue weighted by Crippen LogP contribution is 2.31. The molecule has 0 N–H and O–H groups in total. The Morgan fingerprint density at radius 1 is 0.824 bits per heavy atom. The first kappa shape index (κ1) is 25.6. The van der Waals surface area contributed by atoms with Crippen LogP contribution in [0.3, 0.4) is 0 Å². The predicted molar refractivity (Wildman–Crippen MR) is 126 cm³/mol. The number of rotatable bonds is 11. The molecule has 0 aliphatic carbocycles. The molecule has 0 aromatic heterocycles. The van der Waals surface area contributed by atoms with Gasteiger partial charge in [-0.15, -0.1) is 6.58 Å². The molecule has 1 heterocycles. The van der Waals surface area contributed by atoms with Crippen molar-refractivity contribution in [2.45, 2.75) is 64.0 Å². The molecule has 0 unspecified atom stereocenters. The van der Waals surface area contributed by atoms with Gasteiger partial charge in [0, 0.05) is 13.8 Å². The molecule has 1 aliphatic rings. The van der Waals surface area contributed by atoms with Gasteiger partial charge in [-0.2, -0.15) is 0 Å². The van der Waals surface area contributed by atoms with Gasteiger partial charge in [0.2, 0.25) is 0 Å². The summed E-state index contributed by atoms with van der Waals surface area (Å²) >= 11 is 0. The standard InChI is InChI=1S/C27H32O7/c1-4-11-23-25(31-17-22-14-9-6-10-15-22)27(33-20(3)29)26(32-19(2)28)24(34-23)18-30-16-21-12-7-5-8-13-21/h4-10,12-15,23-27H,1,11,16-18H2,2-3H3/t23-,24-,25+,26+,27-/m1/s1. The van der Waals surface area contributed by atoms with Crippen molar-refractivity contribution in [1.29, 1.82) is 0 Å². The van der Waals surface area contributed by atoms with E-state index in [9.17, 15) is 9.59 Å². The number of benzene rings is 2. The van der Waals surface area contributed by atoms with Gasteiger partial charge < -0.3 is 23.7 Å². The molecule has 0 saturated carbocycles. The zero-order chi connectivity index (χ0) is 24.3. The molecule has 34 heavy (non-hydrogen) atoms. The van der Waals surface area contributed by atoms with Gasteiger partial charge in [-0.25, -0.2) is 0 Å². The van der Waals surface area contributed by atoms with E-state index in [1.807, 2.05) is 60.7 Å². The van der Waals surface area contributed by atoms with E-state index in [0.29, 0.717) is 13.0 Å². The molecule has 1 aliphatic heterocycles. The molecule has 0 spiro atoms. The molecular formula is C27H32O7. The number of hydrogen-bond acceptors (Lipinski definition) is 7. The molecule has 5 atom stereocenters. The third-order valence-corrected chi connectivity index (χ3v) is 5.41. The minimum Gasteiger partial charge on any atom is -0.456 e. The molecule has 2 aromatic rings. The van der Waals surface area contributed by atoms with Crippen molar-refractivity contribution in [3.63, 3.8) is 0 Å². The van der Waals surface area contributed by atoms with Crippen molar-refractivity contribution in [1.82, 2.24) is 0 Å². The molecule has 182 valence electrons. The maximum absolute atomic E-state index is 12.0. The lowest BCUT2D eigenvalue weighted by Crippen LogP contribution is -2.61. The van der Waals surface area contributed by atoms with Gasteiger partial charge in [-0.3, -0.25) is 9.59 Å². The van der Waals surface area contributed by atoms with Gasteiger partial charge in [0.1, 0.15) is 12.2 Å². The second-order valence-electron chi connectivity index (χ2n) is 8.15. The van der Waals surface area contributed by atoms with E-state index in [-0.39, 0.29) is 13.2 Å². The normalized spacial score (nSPS) is 24.2. The number of hydrogen-bond donors (Lipinski definition) is 0. The van der Waals surface area contributed by atoms with Crippen molar-refractivity contribution in [3.05, 3.63) is 84.4 Å². The number of carbonyl (C=O) groups is 2. The van der Waals surface area contributed by atoms with E-state index in [2.05, 4.69) is 6.58 Å². The first-order valence-corrected chi connectivity index (χ1v) is 11.4. The predicted octanol–water partition coefficient (Wildman–Crippen LogP) is 4.00. The van der Waals surface area contributed by atoms with Crippen molar-refractivity contribution >= 4 is 11.9 Å². The Morgan fingerprint density at radius 3 is 1.94 bits per heavy atom. The second kappa shape index (κ2) is 13.0. The maximum Gasteiger partial charge on any atom is 0.303 e. The smallest absolute Gasteiger partial charge is 0.303 e. The minimum atomic E-state index is -0.890. The Morgan fingerprint density at radius 2 is 1.38 bits per heavy atom. The summed E-state index contributed by atoms with van der Waals surface area (Å²) in [4.78, 5) is 24.0. The number of ether oxygens (including phenoxy) is 5. The Hall–Kier alpha value is -3.00. The van der Waals surface area contributed by atoms with Crippen LogP contribution >= 0.6 is 0 Å². The Bertz CT molecular complexity index is 915. The fourth-order valence-electron chi connectivity index (χ4n) is 3.97. The number of esters is 2. The average molecular weight is 469 g/mol. The van der Waals surface area contributed by atoms with Gasteiger partial charge in [-0.1, -0.05) is 66.7 Å². The van der Waals surface area contributed by atoms with Gasteiger partial charge >= 0.3 is 11.9 Å². The van der Waals surface area contributed by atoms with Crippen LogP contribution in [0.4, 0.5) is 0 Å². The molecule has 0 amide bonds. The Balaban J connectivity index is 1.81. The van der Waals surface area contributed by atoms with Crippen LogP contribution in [0.25, 0.3) is 0 Å². The van der Waals surface area contributed by atoms with E-state index < -0.39 is 42.5 Å². The monoisotopic (exact) mass is 468 g/mol. The molecule has 2 aromatic carbocycles. The van der Waals surface area contributed by atoms with Gasteiger partial charge in [-0.05, 0) is 17.5 Å². The zero-order valence-electron chi connectivity index (χ0n) is 19.6. The average Bonchev–Trinajstić information content (AvgIpc) is 2.82. The third-order valence-electron chi connectivity index (χ3n) is 5.41. The largest absolute Gasteiger partial charge is 0.456 e. The quantitative estimate of drug-likeness (QED) is 0.364. The van der Waals surface area contributed by atoms with Crippen LogP contribution in [0.1, 0.15) is 31.4 Å². The molecular weight excluding hydrogens is 436 g/mol. The first-order valence-electron chi connectivity index (χ1n) is 11.4. The highest BCUT2D eigenvalue weighted by atomic mass is 16.6. The fraction of sp³-hybridized carbons (Fsp3) is 0.407.